The maximum atomic E-state index is 13.2. The molecule has 4 nitrogen and oxygen atoms in total. The summed E-state index contributed by atoms with van der Waals surface area (Å²) < 4.78 is 118. The lowest BCUT2D eigenvalue weighted by Gasteiger charge is -2.19. The number of nitrogens with zero attached hydrogens (tertiary/aromatic N) is 2. The normalized spacial score (nSPS) is 12.9. The molecule has 0 saturated carbocycles. The molecule has 1 aromatic heterocycles. The number of hydrogen-bond donors (Lipinski definition) is 1. The van der Waals surface area contributed by atoms with Crippen LogP contribution in [0.25, 0.3) is 0 Å². The number of alkyl halides is 9. The fourth-order valence-electron chi connectivity index (χ4n) is 2.47. The zero-order chi connectivity index (χ0) is 22.9. The van der Waals surface area contributed by atoms with E-state index < -0.39 is 52.5 Å². The maximum absolute atomic E-state index is 13.2. The summed E-state index contributed by atoms with van der Waals surface area (Å²) in [5, 5.41) is 1.85. The summed E-state index contributed by atoms with van der Waals surface area (Å²) in [7, 11) is 0. The van der Waals surface area contributed by atoms with Crippen LogP contribution in [0.1, 0.15) is 36.6 Å². The predicted molar refractivity (Wildman–Crippen MR) is 88.1 cm³/mol. The van der Waals surface area contributed by atoms with Gasteiger partial charge in [0.1, 0.15) is 0 Å². The number of hydrogen-bond acceptors (Lipinski definition) is 3. The minimum atomic E-state index is -5.12. The van der Waals surface area contributed by atoms with E-state index in [0.717, 1.165) is 0 Å². The van der Waals surface area contributed by atoms with Crippen molar-refractivity contribution in [3.8, 4) is 0 Å². The first-order chi connectivity index (χ1) is 13.6. The number of halogens is 9. The molecular formula is C17H14F9N3O. The second-order valence-electron chi connectivity index (χ2n) is 6.19. The second-order valence-corrected chi connectivity index (χ2v) is 6.19. The molecule has 2 aromatic rings. The highest BCUT2D eigenvalue weighted by Crippen LogP contribution is 2.40. The smallest absolute Gasteiger partial charge is 0.325 e. The lowest BCUT2D eigenvalue weighted by molar-refractivity contribution is -0.141. The molecule has 0 atom stereocenters. The van der Waals surface area contributed by atoms with E-state index in [9.17, 15) is 44.3 Å². The van der Waals surface area contributed by atoms with Gasteiger partial charge in [0, 0.05) is 12.6 Å². The summed E-state index contributed by atoms with van der Waals surface area (Å²) in [6.07, 6.45) is -14.5. The van der Waals surface area contributed by atoms with Gasteiger partial charge in [0.25, 0.3) is 5.56 Å². The second kappa shape index (κ2) is 8.19. The van der Waals surface area contributed by atoms with Crippen molar-refractivity contribution < 1.29 is 39.5 Å². The van der Waals surface area contributed by atoms with Crippen LogP contribution < -0.4 is 10.9 Å². The van der Waals surface area contributed by atoms with E-state index in [4.69, 9.17) is 0 Å². The first-order valence-corrected chi connectivity index (χ1v) is 8.39. The Morgan fingerprint density at radius 3 is 2.07 bits per heavy atom. The molecule has 1 heterocycles. The van der Waals surface area contributed by atoms with Crippen LogP contribution in [-0.4, -0.2) is 9.55 Å². The van der Waals surface area contributed by atoms with E-state index in [0.29, 0.717) is 11.0 Å². The van der Waals surface area contributed by atoms with Gasteiger partial charge in [-0.05, 0) is 24.6 Å². The minimum Gasteiger partial charge on any atom is -0.325 e. The third kappa shape index (κ3) is 5.45. The predicted octanol–water partition coefficient (Wildman–Crippen LogP) is 5.84. The fourth-order valence-corrected chi connectivity index (χ4v) is 2.47. The Morgan fingerprint density at radius 1 is 0.933 bits per heavy atom. The highest BCUT2D eigenvalue weighted by atomic mass is 19.4. The first kappa shape index (κ1) is 23.5. The Morgan fingerprint density at radius 2 is 1.57 bits per heavy atom. The molecule has 0 spiro atoms. The third-order valence-corrected chi connectivity index (χ3v) is 3.93. The van der Waals surface area contributed by atoms with Gasteiger partial charge in [-0.2, -0.15) is 39.5 Å². The van der Waals surface area contributed by atoms with Crippen molar-refractivity contribution in [1.82, 2.24) is 9.55 Å². The molecule has 0 aliphatic rings. The monoisotopic (exact) mass is 447 g/mol. The van der Waals surface area contributed by atoms with Crippen LogP contribution in [0, 0.1) is 0 Å². The molecule has 0 amide bonds. The molecular weight excluding hydrogens is 433 g/mol. The van der Waals surface area contributed by atoms with Crippen molar-refractivity contribution in [3.05, 3.63) is 51.4 Å². The molecule has 1 N–H and O–H groups in total. The number of unbranched alkanes of at least 4 members (excludes halogenated alkanes) is 1. The van der Waals surface area contributed by atoms with Gasteiger partial charge in [-0.1, -0.05) is 13.3 Å². The number of anilines is 2. The van der Waals surface area contributed by atoms with Crippen LogP contribution in [0.5, 0.6) is 0 Å². The minimum absolute atomic E-state index is 0.0966. The van der Waals surface area contributed by atoms with E-state index >= 15 is 0 Å². The summed E-state index contributed by atoms with van der Waals surface area (Å²) >= 11 is 0. The van der Waals surface area contributed by atoms with Gasteiger partial charge < -0.3 is 5.32 Å². The number of benzene rings is 1. The van der Waals surface area contributed by atoms with E-state index in [-0.39, 0.29) is 37.2 Å². The first-order valence-electron chi connectivity index (χ1n) is 8.39. The van der Waals surface area contributed by atoms with Gasteiger partial charge >= 0.3 is 18.5 Å². The zero-order valence-electron chi connectivity index (χ0n) is 15.1. The van der Waals surface area contributed by atoms with E-state index in [1.807, 2.05) is 5.32 Å². The number of nitrogens with one attached hydrogen (secondary N) is 1. The van der Waals surface area contributed by atoms with Gasteiger partial charge in [0.15, 0.2) is 5.69 Å². The molecule has 0 fully saturated rings. The van der Waals surface area contributed by atoms with Gasteiger partial charge in [-0.25, -0.2) is 4.98 Å². The van der Waals surface area contributed by atoms with E-state index in [1.54, 1.807) is 6.92 Å². The summed E-state index contributed by atoms with van der Waals surface area (Å²) in [4.78, 5) is 15.2. The lowest BCUT2D eigenvalue weighted by Crippen LogP contribution is -2.27. The number of rotatable bonds is 5. The summed E-state index contributed by atoms with van der Waals surface area (Å²) in [5.74, 6) is -0.951. The Balaban J connectivity index is 2.70. The van der Waals surface area contributed by atoms with Gasteiger partial charge in [-0.3, -0.25) is 9.36 Å². The molecule has 0 bridgehead atoms. The molecule has 166 valence electrons. The van der Waals surface area contributed by atoms with Crippen molar-refractivity contribution in [2.45, 2.75) is 44.8 Å². The molecule has 30 heavy (non-hydrogen) atoms. The zero-order valence-corrected chi connectivity index (χ0v) is 15.1. The quantitative estimate of drug-likeness (QED) is 0.586. The summed E-state index contributed by atoms with van der Waals surface area (Å²) in [6, 6.07) is 0.599. The highest BCUT2D eigenvalue weighted by Gasteiger charge is 2.38. The van der Waals surface area contributed by atoms with Crippen LogP contribution in [-0.2, 0) is 25.1 Å². The average molecular weight is 447 g/mol. The van der Waals surface area contributed by atoms with E-state index in [1.165, 1.54) is 0 Å². The lowest BCUT2D eigenvalue weighted by atomic mass is 10.1. The Bertz CT molecular complexity index is 959. The van der Waals surface area contributed by atoms with Crippen LogP contribution >= 0.6 is 0 Å². The highest BCUT2D eigenvalue weighted by molar-refractivity contribution is 5.61. The van der Waals surface area contributed by atoms with Crippen LogP contribution in [0.2, 0.25) is 0 Å². The standard InChI is InChI=1S/C17H14F9N3O/c1-2-3-6-29-13(30)8-12(17(24,25)26)28-14(29)27-11-7-9(15(18,19)20)4-5-10(11)16(21,22)23/h4-5,7-8H,2-3,6H2,1H3,(H,27,28). The largest absolute Gasteiger partial charge is 0.433 e. The van der Waals surface area contributed by atoms with Crippen molar-refractivity contribution in [1.29, 1.82) is 0 Å². The molecule has 0 aliphatic carbocycles. The molecule has 13 heteroatoms. The number of aromatic nitrogens is 2. The molecule has 0 saturated heterocycles. The average Bonchev–Trinajstić information content (AvgIpc) is 2.58. The van der Waals surface area contributed by atoms with Crippen molar-refractivity contribution in [3.63, 3.8) is 0 Å². The summed E-state index contributed by atoms with van der Waals surface area (Å²) in [6.45, 7) is 1.48. The van der Waals surface area contributed by atoms with Crippen molar-refractivity contribution in [2.75, 3.05) is 5.32 Å². The Hall–Kier alpha value is -2.73. The van der Waals surface area contributed by atoms with Crippen LogP contribution in [0.3, 0.4) is 0 Å². The fraction of sp³-hybridized carbons (Fsp3) is 0.412. The third-order valence-electron chi connectivity index (χ3n) is 3.93. The van der Waals surface area contributed by atoms with Crippen molar-refractivity contribution in [2.24, 2.45) is 0 Å². The molecule has 0 aliphatic heterocycles. The molecule has 1 aromatic carbocycles. The maximum Gasteiger partial charge on any atom is 0.433 e. The van der Waals surface area contributed by atoms with E-state index in [2.05, 4.69) is 4.98 Å². The molecule has 2 rings (SSSR count). The van der Waals surface area contributed by atoms with Gasteiger partial charge in [-0.15, -0.1) is 0 Å². The van der Waals surface area contributed by atoms with Gasteiger partial charge in [0.05, 0.1) is 16.8 Å². The Kier molecular flexibility index (Phi) is 6.43. The summed E-state index contributed by atoms with van der Waals surface area (Å²) in [5.41, 5.74) is -7.12. The molecule has 0 unspecified atom stereocenters. The van der Waals surface area contributed by atoms with Crippen molar-refractivity contribution >= 4 is 11.6 Å². The SMILES string of the molecule is CCCCn1c(Nc2cc(C(F)(F)F)ccc2C(F)(F)F)nc(C(F)(F)F)cc1=O. The Labute approximate surface area is 163 Å². The molecule has 0 radical (unpaired) electrons. The topological polar surface area (TPSA) is 46.9 Å². The van der Waals surface area contributed by atoms with Gasteiger partial charge in [0.2, 0.25) is 5.95 Å². The van der Waals surface area contributed by atoms with Crippen LogP contribution in [0.15, 0.2) is 29.1 Å². The van der Waals surface area contributed by atoms with Crippen LogP contribution in [0.4, 0.5) is 51.1 Å².